The van der Waals surface area contributed by atoms with Gasteiger partial charge in [-0.1, -0.05) is 17.3 Å². The average molecular weight is 505 g/mol. The van der Waals surface area contributed by atoms with E-state index in [0.29, 0.717) is 39.1 Å². The molecule has 0 atom stereocenters. The zero-order valence-corrected chi connectivity index (χ0v) is 20.2. The minimum atomic E-state index is -0.323. The average Bonchev–Trinajstić information content (AvgIpc) is 3.79. The fourth-order valence-electron chi connectivity index (χ4n) is 4.19. The van der Waals surface area contributed by atoms with E-state index < -0.39 is 0 Å². The molecule has 0 bridgehead atoms. The highest BCUT2D eigenvalue weighted by molar-refractivity contribution is 7.17. The quantitative estimate of drug-likeness (QED) is 0.361. The van der Waals surface area contributed by atoms with E-state index in [1.165, 1.54) is 29.5 Å². The highest BCUT2D eigenvalue weighted by Gasteiger charge is 2.41. The molecule has 1 amide bonds. The maximum absolute atomic E-state index is 13.3. The molecule has 2 saturated heterocycles. The number of Topliss-reactive ketones (excluding diaryl/α,β-unsaturated/α-hetero) is 1. The summed E-state index contributed by atoms with van der Waals surface area (Å²) in [4.78, 5) is 45.5. The van der Waals surface area contributed by atoms with E-state index in [9.17, 15) is 18.8 Å². The lowest BCUT2D eigenvalue weighted by molar-refractivity contribution is -0.115. The smallest absolute Gasteiger partial charge is 0.263 e. The van der Waals surface area contributed by atoms with Gasteiger partial charge in [0.05, 0.1) is 26.7 Å². The van der Waals surface area contributed by atoms with Crippen LogP contribution in [0, 0.1) is 5.82 Å². The summed E-state index contributed by atoms with van der Waals surface area (Å²) < 4.78 is 18.7. The van der Waals surface area contributed by atoms with Crippen LogP contribution >= 0.6 is 11.3 Å². The number of aromatic nitrogens is 1. The third kappa shape index (κ3) is 4.13. The molecule has 1 aliphatic carbocycles. The van der Waals surface area contributed by atoms with Crippen LogP contribution in [0.1, 0.15) is 20.9 Å². The topological polar surface area (TPSA) is 86.5 Å². The number of benzene rings is 1. The van der Waals surface area contributed by atoms with Crippen molar-refractivity contribution >= 4 is 34.4 Å². The fraction of sp³-hybridized carbons (Fsp3) is 0.231. The van der Waals surface area contributed by atoms with Crippen molar-refractivity contribution in [2.24, 2.45) is 0 Å². The van der Waals surface area contributed by atoms with Crippen molar-refractivity contribution in [3.05, 3.63) is 81.9 Å². The Labute approximate surface area is 209 Å². The number of nitrogens with zero attached hydrogens (tertiary/aromatic N) is 4. The molecular weight excluding hydrogens is 483 g/mol. The highest BCUT2D eigenvalue weighted by atomic mass is 32.1. The Morgan fingerprint density at radius 2 is 1.81 bits per heavy atom. The Hall–Kier alpha value is -4.05. The molecule has 2 aliphatic heterocycles. The highest BCUT2D eigenvalue weighted by Crippen LogP contribution is 2.37. The van der Waals surface area contributed by atoms with Crippen LogP contribution in [0.5, 0.6) is 0 Å². The van der Waals surface area contributed by atoms with Gasteiger partial charge in [-0.3, -0.25) is 14.4 Å². The summed E-state index contributed by atoms with van der Waals surface area (Å²) in [7, 11) is 1.69. The largest absolute Gasteiger partial charge is 0.365 e. The number of hydrogen-bond donors (Lipinski definition) is 0. The van der Waals surface area contributed by atoms with Gasteiger partial charge in [-0.05, 0) is 29.8 Å². The van der Waals surface area contributed by atoms with E-state index >= 15 is 0 Å². The molecule has 0 unspecified atom stereocenters. The van der Waals surface area contributed by atoms with Gasteiger partial charge in [0.1, 0.15) is 11.5 Å². The lowest BCUT2D eigenvalue weighted by atomic mass is 9.94. The van der Waals surface area contributed by atoms with E-state index in [1.54, 1.807) is 42.3 Å². The maximum Gasteiger partial charge on any atom is 0.263 e. The lowest BCUT2D eigenvalue weighted by Gasteiger charge is -2.19. The van der Waals surface area contributed by atoms with Crippen molar-refractivity contribution in [3.63, 3.8) is 0 Å². The number of carbonyl (C=O) groups is 3. The number of hydrogen-bond acceptors (Lipinski definition) is 8. The second-order valence-electron chi connectivity index (χ2n) is 8.95. The van der Waals surface area contributed by atoms with Gasteiger partial charge in [-0.2, -0.15) is 0 Å². The van der Waals surface area contributed by atoms with Crippen molar-refractivity contribution < 1.29 is 23.3 Å². The van der Waals surface area contributed by atoms with E-state index in [2.05, 4.69) is 5.16 Å². The van der Waals surface area contributed by atoms with Crippen molar-refractivity contribution in [3.8, 4) is 10.6 Å². The second-order valence-corrected chi connectivity index (χ2v) is 10.0. The van der Waals surface area contributed by atoms with Crippen molar-refractivity contribution in [2.75, 3.05) is 33.2 Å². The van der Waals surface area contributed by atoms with Crippen LogP contribution < -0.4 is 0 Å². The van der Waals surface area contributed by atoms with Crippen molar-refractivity contribution in [1.29, 1.82) is 0 Å². The van der Waals surface area contributed by atoms with Gasteiger partial charge in [-0.25, -0.2) is 4.39 Å². The molecule has 8 nitrogen and oxygen atoms in total. The van der Waals surface area contributed by atoms with Crippen LogP contribution in [0.4, 0.5) is 4.39 Å². The first-order chi connectivity index (χ1) is 17.4. The normalized spacial score (nSPS) is 17.0. The molecule has 3 aromatic rings. The molecule has 0 N–H and O–H groups in total. The van der Waals surface area contributed by atoms with E-state index in [0.717, 1.165) is 31.7 Å². The summed E-state index contributed by atoms with van der Waals surface area (Å²) >= 11 is 1.25. The van der Waals surface area contributed by atoms with Crippen molar-refractivity contribution in [2.45, 2.75) is 6.54 Å². The first-order valence-electron chi connectivity index (χ1n) is 11.5. The predicted octanol–water partition coefficient (Wildman–Crippen LogP) is 3.19. The zero-order chi connectivity index (χ0) is 25.0. The first kappa shape index (κ1) is 22.4. The number of thiophene rings is 1. The Bertz CT molecular complexity index is 1460. The van der Waals surface area contributed by atoms with E-state index in [4.69, 9.17) is 4.52 Å². The summed E-state index contributed by atoms with van der Waals surface area (Å²) in [6.07, 6.45) is 1.42. The summed E-state index contributed by atoms with van der Waals surface area (Å²) in [5.74, 6) is -0.505. The molecule has 2 fully saturated rings. The van der Waals surface area contributed by atoms with Crippen LogP contribution in [0.3, 0.4) is 0 Å². The summed E-state index contributed by atoms with van der Waals surface area (Å²) in [5.41, 5.74) is 2.17. The Kier molecular flexibility index (Phi) is 5.33. The molecule has 0 saturated carbocycles. The van der Waals surface area contributed by atoms with Gasteiger partial charge < -0.3 is 19.2 Å². The third-order valence-corrected chi connectivity index (χ3v) is 7.34. The molecule has 2 aromatic heterocycles. The Morgan fingerprint density at radius 3 is 2.50 bits per heavy atom. The maximum atomic E-state index is 13.3. The van der Waals surface area contributed by atoms with Crippen LogP contribution in [0.25, 0.3) is 16.2 Å². The van der Waals surface area contributed by atoms with Crippen LogP contribution in [-0.2, 0) is 16.1 Å². The summed E-state index contributed by atoms with van der Waals surface area (Å²) in [5, 5.41) is 4.13. The van der Waals surface area contributed by atoms with Crippen LogP contribution in [0.2, 0.25) is 0 Å². The number of rotatable bonds is 7. The lowest BCUT2D eigenvalue weighted by Crippen LogP contribution is -2.25. The SMILES string of the molecule is CN(Cc1ccc(F)cc1)C(=O)c1ccc(-c2cc(C3=C(N4CC4)C(=O)C=C(N4CC4)C3=O)no2)s1. The zero-order valence-electron chi connectivity index (χ0n) is 19.4. The Morgan fingerprint density at radius 1 is 1.08 bits per heavy atom. The van der Waals surface area contributed by atoms with Gasteiger partial charge in [0.2, 0.25) is 11.6 Å². The number of carbonyl (C=O) groups excluding carboxylic acids is 3. The molecule has 182 valence electrons. The van der Waals surface area contributed by atoms with Gasteiger partial charge >= 0.3 is 0 Å². The van der Waals surface area contributed by atoms with Gasteiger partial charge in [0, 0.05) is 51.9 Å². The molecule has 4 heterocycles. The molecular formula is C26H21FN4O4S. The molecule has 6 rings (SSSR count). The molecule has 3 aliphatic rings. The van der Waals surface area contributed by atoms with Gasteiger partial charge in [0.25, 0.3) is 5.91 Å². The van der Waals surface area contributed by atoms with Crippen LogP contribution in [-0.4, -0.2) is 70.6 Å². The predicted molar refractivity (Wildman–Crippen MR) is 130 cm³/mol. The fourth-order valence-corrected chi connectivity index (χ4v) is 5.13. The van der Waals surface area contributed by atoms with Gasteiger partial charge in [-0.15, -0.1) is 11.3 Å². The summed E-state index contributed by atoms with van der Waals surface area (Å²) in [6.45, 7) is 3.29. The second kappa shape index (κ2) is 8.56. The monoisotopic (exact) mass is 504 g/mol. The third-order valence-electron chi connectivity index (χ3n) is 6.25. The van der Waals surface area contributed by atoms with E-state index in [1.807, 2.05) is 9.80 Å². The number of halogens is 1. The number of allylic oxidation sites excluding steroid dienone is 2. The van der Waals surface area contributed by atoms with E-state index in [-0.39, 0.29) is 28.9 Å². The summed E-state index contributed by atoms with van der Waals surface area (Å²) in [6, 6.07) is 11.2. The Balaban J connectivity index is 1.24. The minimum Gasteiger partial charge on any atom is -0.365 e. The minimum absolute atomic E-state index is 0.178. The first-order valence-corrected chi connectivity index (χ1v) is 12.3. The molecule has 10 heteroatoms. The number of ketones is 2. The molecule has 36 heavy (non-hydrogen) atoms. The number of amides is 1. The molecule has 0 radical (unpaired) electrons. The van der Waals surface area contributed by atoms with Gasteiger partial charge in [0.15, 0.2) is 5.76 Å². The van der Waals surface area contributed by atoms with Crippen molar-refractivity contribution in [1.82, 2.24) is 19.9 Å². The van der Waals surface area contributed by atoms with Crippen LogP contribution in [0.15, 0.2) is 64.5 Å². The molecule has 0 spiro atoms. The standard InChI is InChI=1S/C26H21FN4O4S/c1-29(14-15-2-4-16(27)5-3-15)26(34)22-7-6-21(36-22)20-12-17(28-35-20)23-24(31-10-11-31)19(32)13-18(25(23)33)30-8-9-30/h2-7,12-13H,8-11,14H2,1H3. The molecule has 1 aromatic carbocycles.